The molecule has 1 N–H and O–H groups in total. The molecule has 0 aromatic rings. The fourth-order valence-electron chi connectivity index (χ4n) is 2.91. The molecule has 0 fully saturated rings. The topological polar surface area (TPSA) is 54.4 Å². The molecular formula is C20H40O3S. The van der Waals surface area contributed by atoms with E-state index in [0.717, 1.165) is 6.42 Å². The summed E-state index contributed by atoms with van der Waals surface area (Å²) in [7, 11) is -3.80. The van der Waals surface area contributed by atoms with E-state index in [1.807, 2.05) is 12.2 Å². The number of unbranched alkanes of at least 4 members (excludes halogenated alkanes) is 14. The third-order valence-electron chi connectivity index (χ3n) is 4.43. The normalized spacial score (nSPS) is 12.2. The highest BCUT2D eigenvalue weighted by atomic mass is 32.2. The van der Waals surface area contributed by atoms with Crippen LogP contribution in [-0.2, 0) is 10.1 Å². The van der Waals surface area contributed by atoms with Gasteiger partial charge in [-0.3, -0.25) is 4.55 Å². The van der Waals surface area contributed by atoms with Crippen molar-refractivity contribution in [2.24, 2.45) is 0 Å². The van der Waals surface area contributed by atoms with Gasteiger partial charge in [-0.2, -0.15) is 8.42 Å². The molecule has 0 radical (unpaired) electrons. The van der Waals surface area contributed by atoms with Gasteiger partial charge in [0.1, 0.15) is 0 Å². The van der Waals surface area contributed by atoms with E-state index >= 15 is 0 Å². The van der Waals surface area contributed by atoms with E-state index < -0.39 is 10.1 Å². The molecule has 0 rings (SSSR count). The molecule has 0 aliphatic heterocycles. The smallest absolute Gasteiger partial charge is 0.265 e. The van der Waals surface area contributed by atoms with E-state index in [4.69, 9.17) is 4.55 Å². The molecule has 0 aromatic heterocycles. The molecule has 4 heteroatoms. The van der Waals surface area contributed by atoms with Crippen molar-refractivity contribution in [2.45, 2.75) is 110 Å². The van der Waals surface area contributed by atoms with Crippen molar-refractivity contribution in [2.75, 3.05) is 5.75 Å². The average molecular weight is 361 g/mol. The van der Waals surface area contributed by atoms with E-state index in [-0.39, 0.29) is 5.75 Å². The Hall–Kier alpha value is -0.350. The zero-order valence-corrected chi connectivity index (χ0v) is 16.7. The molecule has 0 aliphatic rings. The van der Waals surface area contributed by atoms with Crippen LogP contribution >= 0.6 is 0 Å². The molecule has 0 spiro atoms. The SMILES string of the molecule is CCCCCCCCCCCCCCCCC=CCCS(=O)(=O)O. The lowest BCUT2D eigenvalue weighted by molar-refractivity contribution is 0.483. The summed E-state index contributed by atoms with van der Waals surface area (Å²) in [5.41, 5.74) is 0. The fourth-order valence-corrected chi connectivity index (χ4v) is 3.34. The van der Waals surface area contributed by atoms with Gasteiger partial charge in [0.25, 0.3) is 10.1 Å². The Morgan fingerprint density at radius 1 is 0.625 bits per heavy atom. The predicted octanol–water partition coefficient (Wildman–Crippen LogP) is 6.69. The van der Waals surface area contributed by atoms with Crippen LogP contribution in [0.3, 0.4) is 0 Å². The van der Waals surface area contributed by atoms with Gasteiger partial charge in [-0.1, -0.05) is 103 Å². The van der Waals surface area contributed by atoms with E-state index in [0.29, 0.717) is 6.42 Å². The number of hydrogen-bond acceptors (Lipinski definition) is 2. The summed E-state index contributed by atoms with van der Waals surface area (Å²) in [6.07, 6.45) is 24.5. The number of hydrogen-bond donors (Lipinski definition) is 1. The molecule has 0 aromatic carbocycles. The second-order valence-corrected chi connectivity index (χ2v) is 8.50. The minimum Gasteiger partial charge on any atom is -0.286 e. The first kappa shape index (κ1) is 23.6. The lowest BCUT2D eigenvalue weighted by atomic mass is 10.0. The van der Waals surface area contributed by atoms with Crippen molar-refractivity contribution in [3.05, 3.63) is 12.2 Å². The minimum atomic E-state index is -3.80. The van der Waals surface area contributed by atoms with Crippen LogP contribution in [0.2, 0.25) is 0 Å². The van der Waals surface area contributed by atoms with Crippen LogP contribution in [0.25, 0.3) is 0 Å². The third kappa shape index (κ3) is 21.6. The summed E-state index contributed by atoms with van der Waals surface area (Å²) in [6.45, 7) is 2.27. The van der Waals surface area contributed by atoms with Gasteiger partial charge < -0.3 is 0 Å². The Bertz CT molecular complexity index is 374. The molecule has 0 amide bonds. The molecular weight excluding hydrogens is 320 g/mol. The average Bonchev–Trinajstić information content (AvgIpc) is 2.52. The maximum atomic E-state index is 10.5. The molecule has 0 heterocycles. The zero-order chi connectivity index (χ0) is 17.9. The van der Waals surface area contributed by atoms with Gasteiger partial charge in [-0.25, -0.2) is 0 Å². The van der Waals surface area contributed by atoms with Gasteiger partial charge in [0, 0.05) is 0 Å². The largest absolute Gasteiger partial charge is 0.286 e. The summed E-state index contributed by atoms with van der Waals surface area (Å²) in [5, 5.41) is 0. The highest BCUT2D eigenvalue weighted by Gasteiger charge is 2.00. The maximum Gasteiger partial charge on any atom is 0.265 e. The monoisotopic (exact) mass is 360 g/mol. The molecule has 0 bridgehead atoms. The van der Waals surface area contributed by atoms with Gasteiger partial charge in [-0.15, -0.1) is 0 Å². The second kappa shape index (κ2) is 17.5. The van der Waals surface area contributed by atoms with Crippen molar-refractivity contribution in [1.82, 2.24) is 0 Å². The van der Waals surface area contributed by atoms with Crippen LogP contribution in [0.5, 0.6) is 0 Å². The Labute approximate surface area is 151 Å². The molecule has 0 saturated carbocycles. The standard InChI is InChI=1S/C20H40O3S/c1-2-3-4-5-6-7-8-9-10-11-12-13-14-15-16-17-18-19-20-24(21,22)23/h17-18H,2-16,19-20H2,1H3,(H,21,22,23). The first-order valence-electron chi connectivity index (χ1n) is 10.2. The fraction of sp³-hybridized carbons (Fsp3) is 0.900. The number of rotatable bonds is 18. The maximum absolute atomic E-state index is 10.5. The van der Waals surface area contributed by atoms with Crippen LogP contribution in [0.15, 0.2) is 12.2 Å². The van der Waals surface area contributed by atoms with Crippen LogP contribution < -0.4 is 0 Å². The van der Waals surface area contributed by atoms with Crippen LogP contribution in [-0.4, -0.2) is 18.7 Å². The molecule has 0 atom stereocenters. The van der Waals surface area contributed by atoms with Crippen molar-refractivity contribution in [3.8, 4) is 0 Å². The Morgan fingerprint density at radius 2 is 1.00 bits per heavy atom. The summed E-state index contributed by atoms with van der Waals surface area (Å²) in [6, 6.07) is 0. The molecule has 144 valence electrons. The number of allylic oxidation sites excluding steroid dienone is 2. The predicted molar refractivity (Wildman–Crippen MR) is 105 cm³/mol. The Morgan fingerprint density at radius 3 is 1.42 bits per heavy atom. The van der Waals surface area contributed by atoms with Crippen molar-refractivity contribution in [3.63, 3.8) is 0 Å². The summed E-state index contributed by atoms with van der Waals surface area (Å²) in [5.74, 6) is -0.164. The third-order valence-corrected chi connectivity index (χ3v) is 5.19. The molecule has 0 saturated heterocycles. The summed E-state index contributed by atoms with van der Waals surface area (Å²) in [4.78, 5) is 0. The van der Waals surface area contributed by atoms with Gasteiger partial charge in [0.2, 0.25) is 0 Å². The highest BCUT2D eigenvalue weighted by molar-refractivity contribution is 7.85. The van der Waals surface area contributed by atoms with Crippen molar-refractivity contribution < 1.29 is 13.0 Å². The summed E-state index contributed by atoms with van der Waals surface area (Å²) < 4.78 is 29.6. The Kier molecular flexibility index (Phi) is 17.2. The first-order valence-corrected chi connectivity index (χ1v) is 11.8. The second-order valence-electron chi connectivity index (χ2n) is 6.93. The first-order chi connectivity index (χ1) is 11.6. The van der Waals surface area contributed by atoms with E-state index in [2.05, 4.69) is 6.92 Å². The minimum absolute atomic E-state index is 0.164. The Balaban J connectivity index is 3.11. The highest BCUT2D eigenvalue weighted by Crippen LogP contribution is 2.13. The molecule has 3 nitrogen and oxygen atoms in total. The van der Waals surface area contributed by atoms with Crippen LogP contribution in [0.4, 0.5) is 0 Å². The van der Waals surface area contributed by atoms with Crippen LogP contribution in [0.1, 0.15) is 110 Å². The van der Waals surface area contributed by atoms with E-state index in [1.54, 1.807) is 0 Å². The van der Waals surface area contributed by atoms with Crippen molar-refractivity contribution >= 4 is 10.1 Å². The van der Waals surface area contributed by atoms with E-state index in [9.17, 15) is 8.42 Å². The van der Waals surface area contributed by atoms with Gasteiger partial charge >= 0.3 is 0 Å². The lowest BCUT2D eigenvalue weighted by Gasteiger charge is -2.02. The molecule has 24 heavy (non-hydrogen) atoms. The van der Waals surface area contributed by atoms with Crippen molar-refractivity contribution in [1.29, 1.82) is 0 Å². The summed E-state index contributed by atoms with van der Waals surface area (Å²) >= 11 is 0. The van der Waals surface area contributed by atoms with Gasteiger partial charge in [0.15, 0.2) is 0 Å². The van der Waals surface area contributed by atoms with Crippen LogP contribution in [0, 0.1) is 0 Å². The van der Waals surface area contributed by atoms with Gasteiger partial charge in [-0.05, 0) is 19.3 Å². The zero-order valence-electron chi connectivity index (χ0n) is 15.8. The quantitative estimate of drug-likeness (QED) is 0.168. The lowest BCUT2D eigenvalue weighted by Crippen LogP contribution is -2.01. The molecule has 0 unspecified atom stereocenters. The molecule has 0 aliphatic carbocycles. The van der Waals surface area contributed by atoms with E-state index in [1.165, 1.54) is 89.9 Å². The van der Waals surface area contributed by atoms with Gasteiger partial charge in [0.05, 0.1) is 5.75 Å².